The van der Waals surface area contributed by atoms with Crippen LogP contribution in [0.2, 0.25) is 0 Å². The second kappa shape index (κ2) is 8.59. The zero-order chi connectivity index (χ0) is 22.9. The lowest BCUT2D eigenvalue weighted by Gasteiger charge is -2.22. The van der Waals surface area contributed by atoms with Gasteiger partial charge in [0.15, 0.2) is 11.4 Å². The van der Waals surface area contributed by atoms with E-state index in [0.717, 1.165) is 48.0 Å². The monoisotopic (exact) mass is 446 g/mol. The number of nitrogens with zero attached hydrogens (tertiary/aromatic N) is 3. The summed E-state index contributed by atoms with van der Waals surface area (Å²) >= 11 is 0. The van der Waals surface area contributed by atoms with Gasteiger partial charge in [-0.2, -0.15) is 5.10 Å². The molecule has 1 saturated heterocycles. The number of benzene rings is 1. The van der Waals surface area contributed by atoms with Crippen molar-refractivity contribution in [1.29, 1.82) is 0 Å². The van der Waals surface area contributed by atoms with Crippen molar-refractivity contribution in [3.63, 3.8) is 0 Å². The summed E-state index contributed by atoms with van der Waals surface area (Å²) in [6, 6.07) is 7.40. The molecule has 3 aromatic heterocycles. The fourth-order valence-corrected chi connectivity index (χ4v) is 4.26. The molecule has 4 aromatic rings. The number of carbonyl (C=O) groups excluding carboxylic acids is 1. The Bertz CT molecular complexity index is 1300. The standard InChI is InChI=1S/C24H26N6O3/c1-14(15-3-2-4-16(9-15)24(26)31)33-22-21-19(11-28-23(22)25)20(13-32-21)17-10-29-30(12-17)18-5-7-27-8-6-18/h2-4,9-14,18,27H,5-8H2,1H3,(H2,25,28)(H2,26,31). The van der Waals surface area contributed by atoms with E-state index in [-0.39, 0.29) is 5.82 Å². The number of carbonyl (C=O) groups is 1. The lowest BCUT2D eigenvalue weighted by atomic mass is 10.1. The number of fused-ring (bicyclic) bond motifs is 1. The molecule has 5 N–H and O–H groups in total. The first-order chi connectivity index (χ1) is 16.0. The van der Waals surface area contributed by atoms with Gasteiger partial charge in [0, 0.05) is 29.1 Å². The first kappa shape index (κ1) is 21.0. The van der Waals surface area contributed by atoms with Crippen LogP contribution in [0.5, 0.6) is 5.75 Å². The molecule has 0 aliphatic carbocycles. The quantitative estimate of drug-likeness (QED) is 0.413. The fraction of sp³-hybridized carbons (Fsp3) is 0.292. The largest absolute Gasteiger partial charge is 0.479 e. The molecule has 0 radical (unpaired) electrons. The molecule has 1 aromatic carbocycles. The Kier molecular flexibility index (Phi) is 5.47. The third kappa shape index (κ3) is 4.03. The second-order valence-electron chi connectivity index (χ2n) is 8.30. The minimum absolute atomic E-state index is 0.228. The maximum absolute atomic E-state index is 11.5. The Morgan fingerprint density at radius 1 is 1.30 bits per heavy atom. The molecule has 33 heavy (non-hydrogen) atoms. The number of hydrogen-bond acceptors (Lipinski definition) is 7. The number of pyridine rings is 1. The molecule has 4 heterocycles. The highest BCUT2D eigenvalue weighted by molar-refractivity contribution is 5.98. The molecular weight excluding hydrogens is 420 g/mol. The van der Waals surface area contributed by atoms with Crippen molar-refractivity contribution in [2.24, 2.45) is 5.73 Å². The Morgan fingerprint density at radius 3 is 2.91 bits per heavy atom. The van der Waals surface area contributed by atoms with Crippen molar-refractivity contribution in [2.45, 2.75) is 31.9 Å². The van der Waals surface area contributed by atoms with Gasteiger partial charge in [-0.25, -0.2) is 4.98 Å². The first-order valence-electron chi connectivity index (χ1n) is 11.0. The molecule has 1 unspecified atom stereocenters. The summed E-state index contributed by atoms with van der Waals surface area (Å²) < 4.78 is 14.1. The van der Waals surface area contributed by atoms with Crippen molar-refractivity contribution in [3.05, 3.63) is 60.2 Å². The van der Waals surface area contributed by atoms with Crippen LogP contribution < -0.4 is 21.5 Å². The van der Waals surface area contributed by atoms with Crippen LogP contribution in [0.15, 0.2) is 53.5 Å². The summed E-state index contributed by atoms with van der Waals surface area (Å²) in [6.07, 6.45) is 8.97. The van der Waals surface area contributed by atoms with E-state index in [9.17, 15) is 4.79 Å². The maximum atomic E-state index is 11.5. The predicted molar refractivity (Wildman–Crippen MR) is 125 cm³/mol. The molecule has 1 aliphatic rings. The van der Waals surface area contributed by atoms with Gasteiger partial charge in [0.05, 0.1) is 17.6 Å². The molecule has 9 heteroatoms. The van der Waals surface area contributed by atoms with Crippen molar-refractivity contribution in [1.82, 2.24) is 20.1 Å². The minimum atomic E-state index is -0.493. The second-order valence-corrected chi connectivity index (χ2v) is 8.30. The van der Waals surface area contributed by atoms with Gasteiger partial charge in [-0.1, -0.05) is 12.1 Å². The van der Waals surface area contributed by atoms with Crippen molar-refractivity contribution in [3.8, 4) is 16.9 Å². The average Bonchev–Trinajstić information content (AvgIpc) is 3.49. The Labute approximate surface area is 190 Å². The van der Waals surface area contributed by atoms with Crippen LogP contribution in [-0.4, -0.2) is 33.8 Å². The van der Waals surface area contributed by atoms with Crippen molar-refractivity contribution < 1.29 is 13.9 Å². The summed E-state index contributed by atoms with van der Waals surface area (Å²) in [5.74, 6) is 0.0984. The van der Waals surface area contributed by atoms with E-state index in [2.05, 4.69) is 21.6 Å². The van der Waals surface area contributed by atoms with Crippen molar-refractivity contribution in [2.75, 3.05) is 18.8 Å². The van der Waals surface area contributed by atoms with Crippen molar-refractivity contribution >= 4 is 22.7 Å². The van der Waals surface area contributed by atoms with Crippen LogP contribution in [0.1, 0.15) is 47.8 Å². The van der Waals surface area contributed by atoms with E-state index in [1.807, 2.05) is 23.9 Å². The van der Waals surface area contributed by atoms with E-state index in [1.54, 1.807) is 30.7 Å². The number of anilines is 1. The summed E-state index contributed by atoms with van der Waals surface area (Å²) in [7, 11) is 0. The van der Waals surface area contributed by atoms with Gasteiger partial charge in [0.25, 0.3) is 0 Å². The van der Waals surface area contributed by atoms with Crippen LogP contribution in [0.3, 0.4) is 0 Å². The number of furan rings is 1. The number of nitrogen functional groups attached to an aromatic ring is 1. The Hall–Kier alpha value is -3.85. The molecule has 170 valence electrons. The summed E-state index contributed by atoms with van der Waals surface area (Å²) in [4.78, 5) is 15.9. The van der Waals surface area contributed by atoms with Crippen LogP contribution in [0, 0.1) is 0 Å². The number of ether oxygens (including phenoxy) is 1. The van der Waals surface area contributed by atoms with Crippen LogP contribution in [0.4, 0.5) is 5.82 Å². The van der Waals surface area contributed by atoms with E-state index < -0.39 is 12.0 Å². The lowest BCUT2D eigenvalue weighted by molar-refractivity contribution is 0.1000. The van der Waals surface area contributed by atoms with E-state index in [1.165, 1.54) is 0 Å². The number of aromatic nitrogens is 3. The molecule has 1 aliphatic heterocycles. The van der Waals surface area contributed by atoms with Gasteiger partial charge in [0.1, 0.15) is 12.4 Å². The highest BCUT2D eigenvalue weighted by Crippen LogP contribution is 2.39. The number of hydrogen-bond donors (Lipinski definition) is 3. The molecule has 0 saturated carbocycles. The molecule has 1 fully saturated rings. The topological polar surface area (TPSA) is 134 Å². The van der Waals surface area contributed by atoms with Gasteiger partial charge in [-0.15, -0.1) is 0 Å². The SMILES string of the molecule is CC(Oc1c(N)ncc2c(-c3cnn(C4CCNCC4)c3)coc12)c1cccc(C(N)=O)c1. The zero-order valence-electron chi connectivity index (χ0n) is 18.3. The fourth-order valence-electron chi connectivity index (χ4n) is 4.26. The summed E-state index contributed by atoms with van der Waals surface area (Å²) in [6.45, 7) is 3.86. The predicted octanol–water partition coefficient (Wildman–Crippen LogP) is 3.44. The number of nitrogens with two attached hydrogens (primary N) is 2. The molecule has 9 nitrogen and oxygen atoms in total. The van der Waals surface area contributed by atoms with Crippen LogP contribution in [0.25, 0.3) is 22.1 Å². The number of rotatable bonds is 6. The summed E-state index contributed by atoms with van der Waals surface area (Å²) in [5.41, 5.74) is 15.1. The Balaban J connectivity index is 1.45. The highest BCUT2D eigenvalue weighted by Gasteiger charge is 2.21. The number of primary amides is 1. The molecule has 1 amide bonds. The van der Waals surface area contributed by atoms with Gasteiger partial charge < -0.3 is 25.9 Å². The summed E-state index contributed by atoms with van der Waals surface area (Å²) in [5, 5.41) is 8.76. The van der Waals surface area contributed by atoms with Crippen LogP contribution >= 0.6 is 0 Å². The molecular formula is C24H26N6O3. The van der Waals surface area contributed by atoms with Crippen LogP contribution in [-0.2, 0) is 0 Å². The zero-order valence-corrected chi connectivity index (χ0v) is 18.3. The number of piperidine rings is 1. The average molecular weight is 447 g/mol. The highest BCUT2D eigenvalue weighted by atomic mass is 16.5. The number of nitrogens with one attached hydrogen (secondary N) is 1. The van der Waals surface area contributed by atoms with E-state index in [0.29, 0.717) is 22.9 Å². The van der Waals surface area contributed by atoms with Gasteiger partial charge >= 0.3 is 0 Å². The third-order valence-corrected chi connectivity index (χ3v) is 6.13. The van der Waals surface area contributed by atoms with E-state index in [4.69, 9.17) is 20.6 Å². The normalized spacial score (nSPS) is 15.5. The third-order valence-electron chi connectivity index (χ3n) is 6.13. The maximum Gasteiger partial charge on any atom is 0.248 e. The Morgan fingerprint density at radius 2 is 2.12 bits per heavy atom. The first-order valence-corrected chi connectivity index (χ1v) is 11.0. The molecule has 0 bridgehead atoms. The van der Waals surface area contributed by atoms with E-state index >= 15 is 0 Å². The minimum Gasteiger partial charge on any atom is -0.479 e. The van der Waals surface area contributed by atoms with Gasteiger partial charge in [0.2, 0.25) is 11.7 Å². The van der Waals surface area contributed by atoms with Gasteiger partial charge in [-0.05, 0) is 50.6 Å². The number of amides is 1. The molecule has 0 spiro atoms. The molecule has 1 atom stereocenters. The van der Waals surface area contributed by atoms with Gasteiger partial charge in [-0.3, -0.25) is 9.48 Å². The lowest BCUT2D eigenvalue weighted by Crippen LogP contribution is -2.29. The molecule has 5 rings (SSSR count). The smallest absolute Gasteiger partial charge is 0.248 e.